The fourth-order valence-corrected chi connectivity index (χ4v) is 1.46. The van der Waals surface area contributed by atoms with Crippen LogP contribution in [0.15, 0.2) is 24.3 Å². The van der Waals surface area contributed by atoms with Crippen LogP contribution in [0.3, 0.4) is 0 Å². The van der Waals surface area contributed by atoms with Crippen molar-refractivity contribution < 1.29 is 5.11 Å². The molecule has 0 bridgehead atoms. The molecule has 3 nitrogen and oxygen atoms in total. The first-order valence-corrected chi connectivity index (χ1v) is 5.09. The Morgan fingerprint density at radius 1 is 1.47 bits per heavy atom. The Kier molecular flexibility index (Phi) is 4.82. The summed E-state index contributed by atoms with van der Waals surface area (Å²) >= 11 is 0. The molecule has 0 amide bonds. The molecule has 0 aromatic heterocycles. The third kappa shape index (κ3) is 3.35. The normalized spacial score (nSPS) is 12.1. The Morgan fingerprint density at radius 3 is 2.80 bits per heavy atom. The van der Waals surface area contributed by atoms with Gasteiger partial charge in [-0.2, -0.15) is 5.26 Å². The standard InChI is InChI=1S/C12H16N2O/c1-10-5-2-3-6-11(10)12(9-13)14-7-4-8-15/h2-3,5-6,12,14-15H,4,7-8H2,1H3. The highest BCUT2D eigenvalue weighted by molar-refractivity contribution is 5.32. The van der Waals surface area contributed by atoms with Crippen molar-refractivity contribution in [2.75, 3.05) is 13.2 Å². The number of hydrogen-bond donors (Lipinski definition) is 2. The number of nitrogens with zero attached hydrogens (tertiary/aromatic N) is 1. The number of aliphatic hydroxyl groups excluding tert-OH is 1. The first-order valence-electron chi connectivity index (χ1n) is 5.09. The summed E-state index contributed by atoms with van der Waals surface area (Å²) in [5, 5.41) is 20.8. The second-order valence-electron chi connectivity index (χ2n) is 3.45. The van der Waals surface area contributed by atoms with Gasteiger partial charge in [0.1, 0.15) is 6.04 Å². The van der Waals surface area contributed by atoms with Crippen LogP contribution in [0, 0.1) is 18.3 Å². The summed E-state index contributed by atoms with van der Waals surface area (Å²) in [6.07, 6.45) is 0.671. The lowest BCUT2D eigenvalue weighted by atomic mass is 10.0. The average molecular weight is 204 g/mol. The summed E-state index contributed by atoms with van der Waals surface area (Å²) in [5.74, 6) is 0. The van der Waals surface area contributed by atoms with Gasteiger partial charge >= 0.3 is 0 Å². The summed E-state index contributed by atoms with van der Waals surface area (Å²) in [5.41, 5.74) is 2.12. The predicted molar refractivity (Wildman–Crippen MR) is 59.2 cm³/mol. The molecule has 1 unspecified atom stereocenters. The van der Waals surface area contributed by atoms with Gasteiger partial charge < -0.3 is 5.11 Å². The molecule has 0 heterocycles. The van der Waals surface area contributed by atoms with Crippen LogP contribution in [-0.4, -0.2) is 18.3 Å². The lowest BCUT2D eigenvalue weighted by molar-refractivity contribution is 0.285. The zero-order chi connectivity index (χ0) is 11.1. The summed E-state index contributed by atoms with van der Waals surface area (Å²) in [6, 6.07) is 9.78. The smallest absolute Gasteiger partial charge is 0.121 e. The van der Waals surface area contributed by atoms with E-state index in [-0.39, 0.29) is 12.6 Å². The molecule has 3 heteroatoms. The summed E-state index contributed by atoms with van der Waals surface area (Å²) < 4.78 is 0. The average Bonchev–Trinajstić information content (AvgIpc) is 2.26. The van der Waals surface area contributed by atoms with Crippen molar-refractivity contribution in [3.63, 3.8) is 0 Å². The van der Waals surface area contributed by atoms with Crippen LogP contribution in [0.25, 0.3) is 0 Å². The van der Waals surface area contributed by atoms with Gasteiger partial charge in [-0.15, -0.1) is 0 Å². The van der Waals surface area contributed by atoms with E-state index in [0.717, 1.165) is 11.1 Å². The van der Waals surface area contributed by atoms with E-state index in [2.05, 4.69) is 11.4 Å². The van der Waals surface area contributed by atoms with Crippen LogP contribution in [0.1, 0.15) is 23.6 Å². The third-order valence-electron chi connectivity index (χ3n) is 2.31. The van der Waals surface area contributed by atoms with Gasteiger partial charge in [-0.3, -0.25) is 5.32 Å². The monoisotopic (exact) mass is 204 g/mol. The number of hydrogen-bond acceptors (Lipinski definition) is 3. The lowest BCUT2D eigenvalue weighted by Gasteiger charge is -2.13. The van der Waals surface area contributed by atoms with Gasteiger partial charge in [-0.25, -0.2) is 0 Å². The van der Waals surface area contributed by atoms with Crippen molar-refractivity contribution in [3.05, 3.63) is 35.4 Å². The molecule has 0 saturated carbocycles. The Hall–Kier alpha value is -1.37. The van der Waals surface area contributed by atoms with E-state index in [1.54, 1.807) is 0 Å². The van der Waals surface area contributed by atoms with Crippen molar-refractivity contribution in [1.82, 2.24) is 5.32 Å². The molecular weight excluding hydrogens is 188 g/mol. The van der Waals surface area contributed by atoms with Crippen molar-refractivity contribution in [2.24, 2.45) is 0 Å². The minimum absolute atomic E-state index is 0.152. The largest absolute Gasteiger partial charge is 0.396 e. The van der Waals surface area contributed by atoms with Gasteiger partial charge in [0.05, 0.1) is 6.07 Å². The van der Waals surface area contributed by atoms with E-state index >= 15 is 0 Å². The maximum Gasteiger partial charge on any atom is 0.121 e. The van der Waals surface area contributed by atoms with E-state index < -0.39 is 0 Å². The maximum atomic E-state index is 9.03. The van der Waals surface area contributed by atoms with Gasteiger partial charge in [0, 0.05) is 6.61 Å². The van der Waals surface area contributed by atoms with Crippen molar-refractivity contribution >= 4 is 0 Å². The molecule has 15 heavy (non-hydrogen) atoms. The number of nitriles is 1. The molecule has 1 rings (SSSR count). The van der Waals surface area contributed by atoms with Crippen molar-refractivity contribution in [2.45, 2.75) is 19.4 Å². The molecule has 1 aromatic rings. The zero-order valence-electron chi connectivity index (χ0n) is 8.90. The molecule has 0 aliphatic heterocycles. The van der Waals surface area contributed by atoms with Gasteiger partial charge in [0.15, 0.2) is 0 Å². The summed E-state index contributed by atoms with van der Waals surface area (Å²) in [7, 11) is 0. The molecule has 80 valence electrons. The van der Waals surface area contributed by atoms with Crippen LogP contribution < -0.4 is 5.32 Å². The Bertz CT molecular complexity index is 344. The van der Waals surface area contributed by atoms with Crippen molar-refractivity contribution in [3.8, 4) is 6.07 Å². The van der Waals surface area contributed by atoms with Crippen LogP contribution in [-0.2, 0) is 0 Å². The first kappa shape index (κ1) is 11.7. The topological polar surface area (TPSA) is 56.0 Å². The fraction of sp³-hybridized carbons (Fsp3) is 0.417. The quantitative estimate of drug-likeness (QED) is 0.715. The SMILES string of the molecule is Cc1ccccc1C(C#N)NCCCO. The number of nitrogens with one attached hydrogen (secondary N) is 1. The Labute approximate surface area is 90.4 Å². The molecule has 0 aliphatic carbocycles. The Morgan fingerprint density at radius 2 is 2.20 bits per heavy atom. The highest BCUT2D eigenvalue weighted by atomic mass is 16.3. The number of aliphatic hydroxyl groups is 1. The van der Waals surface area contributed by atoms with Crippen molar-refractivity contribution in [1.29, 1.82) is 5.26 Å². The maximum absolute atomic E-state index is 9.03. The molecular formula is C12H16N2O. The molecule has 0 fully saturated rings. The number of benzene rings is 1. The second kappa shape index (κ2) is 6.18. The van der Waals surface area contributed by atoms with Gasteiger partial charge in [-0.1, -0.05) is 24.3 Å². The number of rotatable bonds is 5. The molecule has 0 saturated heterocycles. The van der Waals surface area contributed by atoms with Crippen LogP contribution in [0.2, 0.25) is 0 Å². The third-order valence-corrected chi connectivity index (χ3v) is 2.31. The number of aryl methyl sites for hydroxylation is 1. The molecule has 1 aromatic carbocycles. The minimum atomic E-state index is -0.280. The Balaban J connectivity index is 2.67. The summed E-state index contributed by atoms with van der Waals surface area (Å²) in [4.78, 5) is 0. The zero-order valence-corrected chi connectivity index (χ0v) is 8.90. The van der Waals surface area contributed by atoms with E-state index in [9.17, 15) is 0 Å². The highest BCUT2D eigenvalue weighted by Gasteiger charge is 2.10. The molecule has 2 N–H and O–H groups in total. The minimum Gasteiger partial charge on any atom is -0.396 e. The fourth-order valence-electron chi connectivity index (χ4n) is 1.46. The van der Waals surface area contributed by atoms with Crippen LogP contribution in [0.4, 0.5) is 0 Å². The predicted octanol–water partition coefficient (Wildman–Crippen LogP) is 1.53. The molecule has 0 radical (unpaired) electrons. The second-order valence-corrected chi connectivity index (χ2v) is 3.45. The summed E-state index contributed by atoms with van der Waals surface area (Å²) in [6.45, 7) is 2.80. The molecule has 0 aliphatic rings. The van der Waals surface area contributed by atoms with E-state index in [1.807, 2.05) is 31.2 Å². The van der Waals surface area contributed by atoms with Crippen LogP contribution >= 0.6 is 0 Å². The first-order chi connectivity index (χ1) is 7.29. The highest BCUT2D eigenvalue weighted by Crippen LogP contribution is 2.16. The van der Waals surface area contributed by atoms with Gasteiger partial charge in [-0.05, 0) is 31.0 Å². The van der Waals surface area contributed by atoms with E-state index in [1.165, 1.54) is 0 Å². The van der Waals surface area contributed by atoms with Crippen LogP contribution in [0.5, 0.6) is 0 Å². The molecule has 0 spiro atoms. The molecule has 1 atom stereocenters. The van der Waals surface area contributed by atoms with E-state index in [4.69, 9.17) is 10.4 Å². The van der Waals surface area contributed by atoms with E-state index in [0.29, 0.717) is 13.0 Å². The van der Waals surface area contributed by atoms with Gasteiger partial charge in [0.2, 0.25) is 0 Å². The van der Waals surface area contributed by atoms with Gasteiger partial charge in [0.25, 0.3) is 0 Å². The lowest BCUT2D eigenvalue weighted by Crippen LogP contribution is -2.22.